The summed E-state index contributed by atoms with van der Waals surface area (Å²) < 4.78 is 0. The van der Waals surface area contributed by atoms with E-state index in [1.165, 1.54) is 0 Å². The Morgan fingerprint density at radius 1 is 0.815 bits per heavy atom. The van der Waals surface area contributed by atoms with Crippen LogP contribution in [0.4, 0.5) is 21.0 Å². The number of halogens is 2. The zero-order chi connectivity index (χ0) is 19.2. The normalized spacial score (nSPS) is 14.4. The van der Waals surface area contributed by atoms with Crippen molar-refractivity contribution in [2.24, 2.45) is 0 Å². The Labute approximate surface area is 168 Å². The molecule has 27 heavy (non-hydrogen) atoms. The molecule has 8 heteroatoms. The Morgan fingerprint density at radius 3 is 2.15 bits per heavy atom. The summed E-state index contributed by atoms with van der Waals surface area (Å²) in [6.07, 6.45) is 0.693. The molecule has 0 aromatic heterocycles. The molecule has 0 aliphatic carbocycles. The first-order valence-electron chi connectivity index (χ1n) is 8.65. The van der Waals surface area contributed by atoms with Gasteiger partial charge in [-0.2, -0.15) is 0 Å². The van der Waals surface area contributed by atoms with E-state index in [0.29, 0.717) is 54.0 Å². The maximum absolute atomic E-state index is 12.5. The minimum Gasteiger partial charge on any atom is -0.323 e. The summed E-state index contributed by atoms with van der Waals surface area (Å²) in [7, 11) is 0. The largest absolute Gasteiger partial charge is 0.323 e. The van der Waals surface area contributed by atoms with E-state index < -0.39 is 0 Å². The van der Waals surface area contributed by atoms with E-state index >= 15 is 0 Å². The molecular formula is C19H20Cl2N4O2. The number of carbonyl (C=O) groups excluding carboxylic acids is 2. The number of para-hydroxylation sites is 1. The molecule has 1 heterocycles. The van der Waals surface area contributed by atoms with Crippen molar-refractivity contribution in [2.45, 2.75) is 6.42 Å². The van der Waals surface area contributed by atoms with Gasteiger partial charge in [0.25, 0.3) is 0 Å². The Kier molecular flexibility index (Phi) is 6.42. The Morgan fingerprint density at radius 2 is 1.48 bits per heavy atom. The van der Waals surface area contributed by atoms with Gasteiger partial charge in [-0.1, -0.05) is 41.4 Å². The summed E-state index contributed by atoms with van der Waals surface area (Å²) in [5, 5.41) is 6.71. The molecular weight excluding hydrogens is 387 g/mol. The molecule has 0 atom stereocenters. The maximum atomic E-state index is 12.5. The number of nitrogens with one attached hydrogen (secondary N) is 2. The zero-order valence-corrected chi connectivity index (χ0v) is 16.1. The molecule has 2 N–H and O–H groups in total. The van der Waals surface area contributed by atoms with Crippen LogP contribution < -0.4 is 10.6 Å². The standard InChI is InChI=1S/C19H20Cl2N4O2/c20-14-5-3-6-15(13-14)22-18(26)24-9-4-10-25(12-11-24)19(27)23-17-8-2-1-7-16(17)21/h1-3,5-8,13H,4,9-12H2,(H,22,26)(H,23,27). The predicted molar refractivity (Wildman–Crippen MR) is 109 cm³/mol. The van der Waals surface area contributed by atoms with Crippen LogP contribution in [0, 0.1) is 0 Å². The van der Waals surface area contributed by atoms with Gasteiger partial charge in [-0.15, -0.1) is 0 Å². The summed E-state index contributed by atoms with van der Waals surface area (Å²) in [4.78, 5) is 28.4. The van der Waals surface area contributed by atoms with Crippen molar-refractivity contribution >= 4 is 46.6 Å². The summed E-state index contributed by atoms with van der Waals surface area (Å²) in [5.41, 5.74) is 1.22. The molecule has 2 aromatic rings. The van der Waals surface area contributed by atoms with Gasteiger partial charge in [0.1, 0.15) is 0 Å². The molecule has 3 rings (SSSR count). The number of benzene rings is 2. The fourth-order valence-electron chi connectivity index (χ4n) is 2.85. The molecule has 142 valence electrons. The third kappa shape index (κ3) is 5.28. The maximum Gasteiger partial charge on any atom is 0.321 e. The number of anilines is 2. The Bertz CT molecular complexity index is 831. The van der Waals surface area contributed by atoms with Crippen molar-refractivity contribution in [3.63, 3.8) is 0 Å². The van der Waals surface area contributed by atoms with Crippen LogP contribution in [0.15, 0.2) is 48.5 Å². The van der Waals surface area contributed by atoms with Crippen LogP contribution in [0.5, 0.6) is 0 Å². The van der Waals surface area contributed by atoms with Crippen LogP contribution in [-0.2, 0) is 0 Å². The van der Waals surface area contributed by atoms with Gasteiger partial charge in [-0.3, -0.25) is 0 Å². The van der Waals surface area contributed by atoms with Gasteiger partial charge in [-0.05, 0) is 36.8 Å². The third-order valence-electron chi connectivity index (χ3n) is 4.26. The molecule has 0 bridgehead atoms. The predicted octanol–water partition coefficient (Wildman–Crippen LogP) is 4.77. The van der Waals surface area contributed by atoms with Crippen molar-refractivity contribution in [3.8, 4) is 0 Å². The fraction of sp³-hybridized carbons (Fsp3) is 0.263. The molecule has 0 unspecified atom stereocenters. The van der Waals surface area contributed by atoms with E-state index in [9.17, 15) is 9.59 Å². The van der Waals surface area contributed by atoms with Crippen molar-refractivity contribution in [1.29, 1.82) is 0 Å². The van der Waals surface area contributed by atoms with E-state index in [1.807, 2.05) is 6.07 Å². The number of amides is 4. The van der Waals surface area contributed by atoms with E-state index in [0.717, 1.165) is 0 Å². The molecule has 0 saturated carbocycles. The minimum atomic E-state index is -0.222. The fourth-order valence-corrected chi connectivity index (χ4v) is 3.22. The molecule has 4 amide bonds. The average Bonchev–Trinajstić information content (AvgIpc) is 2.90. The average molecular weight is 407 g/mol. The van der Waals surface area contributed by atoms with Crippen LogP contribution in [-0.4, -0.2) is 48.0 Å². The van der Waals surface area contributed by atoms with Gasteiger partial charge < -0.3 is 20.4 Å². The van der Waals surface area contributed by atoms with Crippen molar-refractivity contribution in [1.82, 2.24) is 9.80 Å². The van der Waals surface area contributed by atoms with Gasteiger partial charge in [0.2, 0.25) is 0 Å². The highest BCUT2D eigenvalue weighted by molar-refractivity contribution is 6.33. The Balaban J connectivity index is 1.56. The quantitative estimate of drug-likeness (QED) is 0.754. The minimum absolute atomic E-state index is 0.203. The lowest BCUT2D eigenvalue weighted by molar-refractivity contribution is 0.205. The van der Waals surface area contributed by atoms with Crippen LogP contribution in [0.1, 0.15) is 6.42 Å². The van der Waals surface area contributed by atoms with E-state index in [2.05, 4.69) is 10.6 Å². The molecule has 1 aliphatic heterocycles. The van der Waals surface area contributed by atoms with Crippen molar-refractivity contribution < 1.29 is 9.59 Å². The van der Waals surface area contributed by atoms with Gasteiger partial charge in [0, 0.05) is 36.9 Å². The summed E-state index contributed by atoms with van der Waals surface area (Å²) in [6, 6.07) is 13.7. The lowest BCUT2D eigenvalue weighted by atomic mass is 10.3. The SMILES string of the molecule is O=C(Nc1cccc(Cl)c1)N1CCCN(C(=O)Nc2ccccc2Cl)CC1. The lowest BCUT2D eigenvalue weighted by Gasteiger charge is -2.23. The lowest BCUT2D eigenvalue weighted by Crippen LogP contribution is -2.40. The summed E-state index contributed by atoms with van der Waals surface area (Å²) in [6.45, 7) is 2.03. The first-order chi connectivity index (χ1) is 13.0. The highest BCUT2D eigenvalue weighted by atomic mass is 35.5. The highest BCUT2D eigenvalue weighted by Crippen LogP contribution is 2.21. The summed E-state index contributed by atoms with van der Waals surface area (Å²) in [5.74, 6) is 0. The number of nitrogens with zero attached hydrogens (tertiary/aromatic N) is 2. The van der Waals surface area contributed by atoms with Crippen LogP contribution in [0.2, 0.25) is 10.0 Å². The molecule has 1 aliphatic rings. The number of carbonyl (C=O) groups is 2. The number of urea groups is 2. The van der Waals surface area contributed by atoms with Crippen LogP contribution >= 0.6 is 23.2 Å². The first kappa shape index (κ1) is 19.3. The molecule has 0 radical (unpaired) electrons. The number of rotatable bonds is 2. The Hall–Kier alpha value is -2.44. The van der Waals surface area contributed by atoms with Crippen LogP contribution in [0.25, 0.3) is 0 Å². The number of hydrogen-bond acceptors (Lipinski definition) is 2. The van der Waals surface area contributed by atoms with Gasteiger partial charge in [0.15, 0.2) is 0 Å². The second-order valence-electron chi connectivity index (χ2n) is 6.18. The van der Waals surface area contributed by atoms with E-state index in [1.54, 1.807) is 52.3 Å². The number of hydrogen-bond donors (Lipinski definition) is 2. The van der Waals surface area contributed by atoms with E-state index in [4.69, 9.17) is 23.2 Å². The molecule has 2 aromatic carbocycles. The van der Waals surface area contributed by atoms with Crippen LogP contribution in [0.3, 0.4) is 0 Å². The van der Waals surface area contributed by atoms with Gasteiger partial charge in [-0.25, -0.2) is 9.59 Å². The van der Waals surface area contributed by atoms with Gasteiger partial charge >= 0.3 is 12.1 Å². The van der Waals surface area contributed by atoms with Crippen molar-refractivity contribution in [3.05, 3.63) is 58.6 Å². The highest BCUT2D eigenvalue weighted by Gasteiger charge is 2.22. The van der Waals surface area contributed by atoms with E-state index in [-0.39, 0.29) is 12.1 Å². The smallest absolute Gasteiger partial charge is 0.321 e. The monoisotopic (exact) mass is 406 g/mol. The van der Waals surface area contributed by atoms with Gasteiger partial charge in [0.05, 0.1) is 10.7 Å². The molecule has 6 nitrogen and oxygen atoms in total. The second kappa shape index (κ2) is 8.97. The van der Waals surface area contributed by atoms with Crippen molar-refractivity contribution in [2.75, 3.05) is 36.8 Å². The third-order valence-corrected chi connectivity index (χ3v) is 4.83. The zero-order valence-electron chi connectivity index (χ0n) is 14.6. The second-order valence-corrected chi connectivity index (χ2v) is 7.02. The molecule has 1 saturated heterocycles. The summed E-state index contributed by atoms with van der Waals surface area (Å²) >= 11 is 12.0. The first-order valence-corrected chi connectivity index (χ1v) is 9.40. The molecule has 1 fully saturated rings. The topological polar surface area (TPSA) is 64.7 Å². The molecule has 0 spiro atoms.